The first-order valence-corrected chi connectivity index (χ1v) is 8.57. The average molecular weight is 367 g/mol. The molecule has 3 nitrogen and oxygen atoms in total. The Bertz CT molecular complexity index is 571. The van der Waals surface area contributed by atoms with Crippen LogP contribution in [0.15, 0.2) is 46.3 Å². The molecule has 0 unspecified atom stereocenters. The van der Waals surface area contributed by atoms with Crippen LogP contribution in [0.1, 0.15) is 16.9 Å². The summed E-state index contributed by atoms with van der Waals surface area (Å²) in [4.78, 5) is 13.2. The van der Waals surface area contributed by atoms with Crippen molar-refractivity contribution in [3.05, 3.63) is 56.7 Å². The molecule has 5 heteroatoms. The standard InChI is InChI=1S/C16H19BrN2OS/c17-15-9-7-13(21-15)10-11-19-16(20)14(18)8-6-12-4-2-1-3-5-12/h1-5,7,9,14H,6,8,10-11,18H2,(H,19,20)/t14-/m1/s1. The molecule has 2 rings (SSSR count). The highest BCUT2D eigenvalue weighted by molar-refractivity contribution is 9.11. The van der Waals surface area contributed by atoms with E-state index in [4.69, 9.17) is 5.73 Å². The number of benzene rings is 1. The van der Waals surface area contributed by atoms with Gasteiger partial charge in [0.05, 0.1) is 9.83 Å². The molecule has 0 saturated heterocycles. The minimum atomic E-state index is -0.444. The van der Waals surface area contributed by atoms with Crippen LogP contribution in [-0.2, 0) is 17.6 Å². The zero-order valence-electron chi connectivity index (χ0n) is 11.7. The van der Waals surface area contributed by atoms with Gasteiger partial charge in [0.25, 0.3) is 0 Å². The summed E-state index contributed by atoms with van der Waals surface area (Å²) in [5, 5.41) is 2.90. The normalized spacial score (nSPS) is 12.1. The van der Waals surface area contributed by atoms with Crippen LogP contribution in [-0.4, -0.2) is 18.5 Å². The Morgan fingerprint density at radius 3 is 2.62 bits per heavy atom. The fraction of sp³-hybridized carbons (Fsp3) is 0.312. The zero-order chi connectivity index (χ0) is 15.1. The highest BCUT2D eigenvalue weighted by Crippen LogP contribution is 2.22. The molecule has 1 heterocycles. The summed E-state index contributed by atoms with van der Waals surface area (Å²) in [6.45, 7) is 0.630. The number of rotatable bonds is 7. The van der Waals surface area contributed by atoms with E-state index in [-0.39, 0.29) is 5.91 Å². The number of nitrogens with two attached hydrogens (primary N) is 1. The van der Waals surface area contributed by atoms with Crippen molar-refractivity contribution in [2.75, 3.05) is 6.54 Å². The Balaban J connectivity index is 1.67. The first-order valence-electron chi connectivity index (χ1n) is 6.96. The summed E-state index contributed by atoms with van der Waals surface area (Å²) in [6.07, 6.45) is 2.33. The van der Waals surface area contributed by atoms with Gasteiger partial charge in [-0.3, -0.25) is 4.79 Å². The predicted molar refractivity (Wildman–Crippen MR) is 91.5 cm³/mol. The molecule has 0 spiro atoms. The molecule has 0 aliphatic rings. The lowest BCUT2D eigenvalue weighted by Gasteiger charge is -2.12. The number of hydrogen-bond acceptors (Lipinski definition) is 3. The molecule has 1 aromatic carbocycles. The molecule has 0 radical (unpaired) electrons. The van der Waals surface area contributed by atoms with Crippen LogP contribution >= 0.6 is 27.3 Å². The topological polar surface area (TPSA) is 55.1 Å². The highest BCUT2D eigenvalue weighted by Gasteiger charge is 2.12. The number of halogens is 1. The van der Waals surface area contributed by atoms with Gasteiger partial charge < -0.3 is 11.1 Å². The Kier molecular flexibility index (Phi) is 6.42. The maximum atomic E-state index is 11.9. The number of amides is 1. The molecule has 3 N–H and O–H groups in total. The van der Waals surface area contributed by atoms with Gasteiger partial charge in [-0.2, -0.15) is 0 Å². The maximum Gasteiger partial charge on any atom is 0.236 e. The van der Waals surface area contributed by atoms with Crippen molar-refractivity contribution in [1.29, 1.82) is 0 Å². The maximum absolute atomic E-state index is 11.9. The van der Waals surface area contributed by atoms with Crippen molar-refractivity contribution in [3.63, 3.8) is 0 Å². The van der Waals surface area contributed by atoms with E-state index in [0.717, 1.165) is 16.6 Å². The number of hydrogen-bond donors (Lipinski definition) is 2. The van der Waals surface area contributed by atoms with Crippen molar-refractivity contribution >= 4 is 33.2 Å². The van der Waals surface area contributed by atoms with Gasteiger partial charge in [0.15, 0.2) is 0 Å². The second kappa shape index (κ2) is 8.32. The van der Waals surface area contributed by atoms with Gasteiger partial charge in [-0.25, -0.2) is 0 Å². The minimum absolute atomic E-state index is 0.0680. The van der Waals surface area contributed by atoms with Gasteiger partial charge in [-0.05, 0) is 52.9 Å². The Morgan fingerprint density at radius 1 is 1.19 bits per heavy atom. The van der Waals surface area contributed by atoms with Crippen molar-refractivity contribution in [2.24, 2.45) is 5.73 Å². The van der Waals surface area contributed by atoms with Crippen LogP contribution in [0.4, 0.5) is 0 Å². The summed E-state index contributed by atoms with van der Waals surface area (Å²) in [6, 6.07) is 13.7. The molecular formula is C16H19BrN2OS. The van der Waals surface area contributed by atoms with Crippen LogP contribution in [0, 0.1) is 0 Å². The largest absolute Gasteiger partial charge is 0.354 e. The summed E-state index contributed by atoms with van der Waals surface area (Å²) in [5.74, 6) is -0.0680. The zero-order valence-corrected chi connectivity index (χ0v) is 14.1. The Labute approximate surface area is 137 Å². The molecule has 0 aliphatic heterocycles. The van der Waals surface area contributed by atoms with E-state index < -0.39 is 6.04 Å². The van der Waals surface area contributed by atoms with Gasteiger partial charge in [0.1, 0.15) is 0 Å². The van der Waals surface area contributed by atoms with E-state index in [1.165, 1.54) is 10.4 Å². The molecule has 1 amide bonds. The third kappa shape index (κ3) is 5.61. The molecule has 0 aliphatic carbocycles. The van der Waals surface area contributed by atoms with Crippen molar-refractivity contribution < 1.29 is 4.79 Å². The van der Waals surface area contributed by atoms with Gasteiger partial charge in [-0.15, -0.1) is 11.3 Å². The van der Waals surface area contributed by atoms with E-state index in [2.05, 4.69) is 39.4 Å². The van der Waals surface area contributed by atoms with E-state index in [1.54, 1.807) is 11.3 Å². The first kappa shape index (κ1) is 16.2. The second-order valence-electron chi connectivity index (χ2n) is 4.88. The second-order valence-corrected chi connectivity index (χ2v) is 7.43. The lowest BCUT2D eigenvalue weighted by atomic mass is 10.1. The lowest BCUT2D eigenvalue weighted by Crippen LogP contribution is -2.41. The predicted octanol–water partition coefficient (Wildman–Crippen LogP) is 3.13. The monoisotopic (exact) mass is 366 g/mol. The van der Waals surface area contributed by atoms with Gasteiger partial charge in [0.2, 0.25) is 5.91 Å². The van der Waals surface area contributed by atoms with Gasteiger partial charge in [0, 0.05) is 11.4 Å². The molecule has 0 saturated carbocycles. The first-order chi connectivity index (χ1) is 10.1. The van der Waals surface area contributed by atoms with Crippen LogP contribution in [0.5, 0.6) is 0 Å². The number of nitrogens with one attached hydrogen (secondary N) is 1. The highest BCUT2D eigenvalue weighted by atomic mass is 79.9. The molecule has 1 atom stereocenters. The van der Waals surface area contributed by atoms with E-state index in [9.17, 15) is 4.79 Å². The van der Waals surface area contributed by atoms with E-state index >= 15 is 0 Å². The van der Waals surface area contributed by atoms with Crippen LogP contribution in [0.25, 0.3) is 0 Å². The van der Waals surface area contributed by atoms with Crippen molar-refractivity contribution in [2.45, 2.75) is 25.3 Å². The number of aryl methyl sites for hydroxylation is 1. The minimum Gasteiger partial charge on any atom is -0.354 e. The molecule has 0 fully saturated rings. The lowest BCUT2D eigenvalue weighted by molar-refractivity contribution is -0.122. The SMILES string of the molecule is N[C@H](CCc1ccccc1)C(=O)NCCc1ccc(Br)s1. The summed E-state index contributed by atoms with van der Waals surface area (Å²) in [7, 11) is 0. The van der Waals surface area contributed by atoms with Crippen LogP contribution < -0.4 is 11.1 Å². The Morgan fingerprint density at radius 2 is 1.95 bits per heavy atom. The van der Waals surface area contributed by atoms with Gasteiger partial charge in [-0.1, -0.05) is 30.3 Å². The molecule has 1 aromatic heterocycles. The molecular weight excluding hydrogens is 348 g/mol. The fourth-order valence-electron chi connectivity index (χ4n) is 2.02. The smallest absolute Gasteiger partial charge is 0.236 e. The van der Waals surface area contributed by atoms with Crippen molar-refractivity contribution in [3.8, 4) is 0 Å². The summed E-state index contributed by atoms with van der Waals surface area (Å²) in [5.41, 5.74) is 7.14. The van der Waals surface area contributed by atoms with E-state index in [1.807, 2.05) is 24.3 Å². The molecule has 21 heavy (non-hydrogen) atoms. The van der Waals surface area contributed by atoms with Crippen LogP contribution in [0.3, 0.4) is 0 Å². The quantitative estimate of drug-likeness (QED) is 0.790. The molecule has 112 valence electrons. The van der Waals surface area contributed by atoms with Gasteiger partial charge >= 0.3 is 0 Å². The third-order valence-corrected chi connectivity index (χ3v) is 4.91. The van der Waals surface area contributed by atoms with Crippen molar-refractivity contribution in [1.82, 2.24) is 5.32 Å². The Hall–Kier alpha value is -1.17. The molecule has 0 bridgehead atoms. The summed E-state index contributed by atoms with van der Waals surface area (Å²) >= 11 is 5.12. The fourth-order valence-corrected chi connectivity index (χ4v) is 3.51. The molecule has 2 aromatic rings. The third-order valence-electron chi connectivity index (χ3n) is 3.22. The number of thiophene rings is 1. The number of carbonyl (C=O) groups excluding carboxylic acids is 1. The van der Waals surface area contributed by atoms with Crippen LogP contribution in [0.2, 0.25) is 0 Å². The average Bonchev–Trinajstić information content (AvgIpc) is 2.91. The summed E-state index contributed by atoms with van der Waals surface area (Å²) < 4.78 is 1.11. The number of carbonyl (C=O) groups is 1. The van der Waals surface area contributed by atoms with E-state index in [0.29, 0.717) is 13.0 Å².